The first-order valence-corrected chi connectivity index (χ1v) is 5.29. The summed E-state index contributed by atoms with van der Waals surface area (Å²) in [7, 11) is 0. The van der Waals surface area contributed by atoms with E-state index in [1.807, 2.05) is 0 Å². The molecule has 0 spiro atoms. The number of rotatable bonds is 5. The van der Waals surface area contributed by atoms with E-state index in [1.54, 1.807) is 20.8 Å². The van der Waals surface area contributed by atoms with Gasteiger partial charge in [-0.25, -0.2) is 4.79 Å². The van der Waals surface area contributed by atoms with Crippen LogP contribution in [0.1, 0.15) is 41.0 Å². The highest BCUT2D eigenvalue weighted by atomic mass is 16.5. The summed E-state index contributed by atoms with van der Waals surface area (Å²) in [4.78, 5) is 23.3. The Morgan fingerprint density at radius 2 is 1.75 bits per heavy atom. The van der Waals surface area contributed by atoms with E-state index in [2.05, 4.69) is 0 Å². The van der Waals surface area contributed by atoms with Crippen molar-refractivity contribution in [2.45, 2.75) is 46.6 Å². The minimum absolute atomic E-state index is 0.0453. The van der Waals surface area contributed by atoms with E-state index in [4.69, 9.17) is 4.74 Å². The van der Waals surface area contributed by atoms with E-state index in [-0.39, 0.29) is 24.4 Å². The Morgan fingerprint density at radius 3 is 2.06 bits per heavy atom. The first-order chi connectivity index (χ1) is 7.19. The van der Waals surface area contributed by atoms with Gasteiger partial charge in [0.05, 0.1) is 12.2 Å². The van der Waals surface area contributed by atoms with Gasteiger partial charge >= 0.3 is 5.97 Å². The number of esters is 1. The minimum atomic E-state index is -1.12. The van der Waals surface area contributed by atoms with Crippen molar-refractivity contribution in [2.75, 3.05) is 6.61 Å². The Labute approximate surface area is 96.3 Å². The van der Waals surface area contributed by atoms with Gasteiger partial charge in [0.1, 0.15) is 5.57 Å². The van der Waals surface area contributed by atoms with Crippen molar-refractivity contribution in [2.24, 2.45) is 0 Å². The fourth-order valence-electron chi connectivity index (χ4n) is 1.28. The zero-order valence-corrected chi connectivity index (χ0v) is 10.6. The molecule has 0 aromatic rings. The number of hydrogen-bond acceptors (Lipinski definition) is 4. The maximum absolute atomic E-state index is 11.8. The van der Waals surface area contributed by atoms with Crippen molar-refractivity contribution in [3.05, 3.63) is 11.1 Å². The van der Waals surface area contributed by atoms with Gasteiger partial charge in [0, 0.05) is 6.42 Å². The Kier molecular flexibility index (Phi) is 5.38. The van der Waals surface area contributed by atoms with E-state index in [0.717, 1.165) is 0 Å². The van der Waals surface area contributed by atoms with Gasteiger partial charge in [-0.05, 0) is 34.6 Å². The Bertz CT molecular complexity index is 303. The van der Waals surface area contributed by atoms with Gasteiger partial charge < -0.3 is 9.84 Å². The van der Waals surface area contributed by atoms with Crippen molar-refractivity contribution < 1.29 is 19.4 Å². The van der Waals surface area contributed by atoms with Crippen molar-refractivity contribution in [1.82, 2.24) is 0 Å². The molecule has 0 saturated heterocycles. The standard InChI is InChI=1S/C12H20O4/c1-6-16-11(14)10(8(2)3)9(13)7-12(4,5)15/h15H,6-7H2,1-5H3. The molecule has 0 aliphatic rings. The van der Waals surface area contributed by atoms with Crippen molar-refractivity contribution in [1.29, 1.82) is 0 Å². The van der Waals surface area contributed by atoms with Crippen LogP contribution in [0.4, 0.5) is 0 Å². The van der Waals surface area contributed by atoms with Crippen LogP contribution in [-0.4, -0.2) is 29.1 Å². The molecule has 0 radical (unpaired) electrons. The summed E-state index contributed by atoms with van der Waals surface area (Å²) in [5, 5.41) is 9.53. The zero-order chi connectivity index (χ0) is 12.9. The molecule has 4 nitrogen and oxygen atoms in total. The topological polar surface area (TPSA) is 63.6 Å². The van der Waals surface area contributed by atoms with Gasteiger partial charge in [-0.2, -0.15) is 0 Å². The van der Waals surface area contributed by atoms with Crippen LogP contribution < -0.4 is 0 Å². The molecule has 16 heavy (non-hydrogen) atoms. The third-order valence-corrected chi connectivity index (χ3v) is 1.85. The summed E-state index contributed by atoms with van der Waals surface area (Å²) in [6.07, 6.45) is -0.0909. The molecule has 0 aromatic carbocycles. The molecule has 0 amide bonds. The van der Waals surface area contributed by atoms with Crippen LogP contribution >= 0.6 is 0 Å². The minimum Gasteiger partial charge on any atom is -0.462 e. The Balaban J connectivity index is 4.91. The van der Waals surface area contributed by atoms with Gasteiger partial charge in [-0.1, -0.05) is 5.57 Å². The smallest absolute Gasteiger partial charge is 0.341 e. The number of carbonyl (C=O) groups excluding carboxylic acids is 2. The molecule has 0 fully saturated rings. The van der Waals surface area contributed by atoms with E-state index in [1.165, 1.54) is 13.8 Å². The fraction of sp³-hybridized carbons (Fsp3) is 0.667. The summed E-state index contributed by atoms with van der Waals surface area (Å²) in [6.45, 7) is 8.31. The molecular weight excluding hydrogens is 208 g/mol. The van der Waals surface area contributed by atoms with Gasteiger partial charge in [-0.15, -0.1) is 0 Å². The number of aliphatic hydroxyl groups is 1. The highest BCUT2D eigenvalue weighted by molar-refractivity contribution is 6.18. The molecule has 0 aromatic heterocycles. The monoisotopic (exact) mass is 228 g/mol. The molecule has 0 aliphatic heterocycles. The van der Waals surface area contributed by atoms with Crippen molar-refractivity contribution >= 4 is 11.8 Å². The summed E-state index contributed by atoms with van der Waals surface area (Å²) in [6, 6.07) is 0. The largest absolute Gasteiger partial charge is 0.462 e. The van der Waals surface area contributed by atoms with E-state index >= 15 is 0 Å². The Hall–Kier alpha value is -1.16. The summed E-state index contributed by atoms with van der Waals surface area (Å²) >= 11 is 0. The van der Waals surface area contributed by atoms with E-state index in [0.29, 0.717) is 5.57 Å². The molecule has 0 saturated carbocycles. The second kappa shape index (κ2) is 5.80. The Morgan fingerprint density at radius 1 is 1.25 bits per heavy atom. The van der Waals surface area contributed by atoms with Crippen LogP contribution in [0.15, 0.2) is 11.1 Å². The van der Waals surface area contributed by atoms with Crippen LogP contribution in [0, 0.1) is 0 Å². The highest BCUT2D eigenvalue weighted by Crippen LogP contribution is 2.16. The number of ether oxygens (including phenoxy) is 1. The SMILES string of the molecule is CCOC(=O)C(C(=O)CC(C)(C)O)=C(C)C. The molecule has 0 heterocycles. The summed E-state index contributed by atoms with van der Waals surface area (Å²) in [5.74, 6) is -0.998. The van der Waals surface area contributed by atoms with Gasteiger partial charge in [0.2, 0.25) is 0 Å². The number of hydrogen-bond donors (Lipinski definition) is 1. The summed E-state index contributed by atoms with van der Waals surface area (Å²) < 4.78 is 4.80. The van der Waals surface area contributed by atoms with Crippen LogP contribution in [0.2, 0.25) is 0 Å². The molecule has 0 aliphatic carbocycles. The third kappa shape index (κ3) is 5.07. The molecule has 1 N–H and O–H groups in total. The highest BCUT2D eigenvalue weighted by Gasteiger charge is 2.26. The second-order valence-electron chi connectivity index (χ2n) is 4.51. The molecule has 0 bridgehead atoms. The fourth-order valence-corrected chi connectivity index (χ4v) is 1.28. The quantitative estimate of drug-likeness (QED) is 0.336. The first kappa shape index (κ1) is 14.8. The lowest BCUT2D eigenvalue weighted by Gasteiger charge is -2.17. The van der Waals surface area contributed by atoms with Gasteiger partial charge in [0.25, 0.3) is 0 Å². The average Bonchev–Trinajstić information content (AvgIpc) is 1.99. The van der Waals surface area contributed by atoms with E-state index < -0.39 is 11.6 Å². The van der Waals surface area contributed by atoms with Crippen LogP contribution in [0.3, 0.4) is 0 Å². The molecule has 4 heteroatoms. The lowest BCUT2D eigenvalue weighted by molar-refractivity contribution is -0.140. The molecule has 0 unspecified atom stereocenters. The zero-order valence-electron chi connectivity index (χ0n) is 10.6. The average molecular weight is 228 g/mol. The molecule has 0 rings (SSSR count). The third-order valence-electron chi connectivity index (χ3n) is 1.85. The first-order valence-electron chi connectivity index (χ1n) is 5.29. The van der Waals surface area contributed by atoms with Gasteiger partial charge in [-0.3, -0.25) is 4.79 Å². The predicted molar refractivity (Wildman–Crippen MR) is 60.9 cm³/mol. The number of allylic oxidation sites excluding steroid dienone is 1. The molecule has 0 atom stereocenters. The number of carbonyl (C=O) groups is 2. The lowest BCUT2D eigenvalue weighted by atomic mass is 9.95. The molecular formula is C12H20O4. The maximum atomic E-state index is 11.8. The van der Waals surface area contributed by atoms with E-state index in [9.17, 15) is 14.7 Å². The normalized spacial score (nSPS) is 10.9. The van der Waals surface area contributed by atoms with Crippen molar-refractivity contribution in [3.63, 3.8) is 0 Å². The van der Waals surface area contributed by atoms with Crippen LogP contribution in [0.25, 0.3) is 0 Å². The number of Topliss-reactive ketones (excluding diaryl/α,β-unsaturated/α-hetero) is 1. The predicted octanol–water partition coefficient (Wildman–Crippen LogP) is 1.62. The number of ketones is 1. The summed E-state index contributed by atoms with van der Waals surface area (Å²) in [5.41, 5.74) is -0.471. The van der Waals surface area contributed by atoms with Crippen molar-refractivity contribution in [3.8, 4) is 0 Å². The molecule has 92 valence electrons. The maximum Gasteiger partial charge on any atom is 0.341 e. The lowest BCUT2D eigenvalue weighted by Crippen LogP contribution is -2.27. The van der Waals surface area contributed by atoms with Gasteiger partial charge in [0.15, 0.2) is 5.78 Å². The van der Waals surface area contributed by atoms with Crippen LogP contribution in [0.5, 0.6) is 0 Å². The second-order valence-corrected chi connectivity index (χ2v) is 4.51. The van der Waals surface area contributed by atoms with Crippen LogP contribution in [-0.2, 0) is 14.3 Å².